The first-order valence-corrected chi connectivity index (χ1v) is 13.5. The van der Waals surface area contributed by atoms with Gasteiger partial charge in [-0.05, 0) is 72.0 Å². The molecule has 0 radical (unpaired) electrons. The van der Waals surface area contributed by atoms with E-state index in [1.165, 1.54) is 28.7 Å². The Morgan fingerprint density at radius 1 is 1.11 bits per heavy atom. The number of benzene rings is 3. The Morgan fingerprint density at radius 3 is 2.43 bits per heavy atom. The molecule has 1 saturated heterocycles. The number of halogens is 4. The van der Waals surface area contributed by atoms with Gasteiger partial charge in [-0.2, -0.15) is 13.2 Å². The zero-order valence-electron chi connectivity index (χ0n) is 20.1. The van der Waals surface area contributed by atoms with Gasteiger partial charge in [-0.1, -0.05) is 18.2 Å². The molecule has 0 unspecified atom stereocenters. The molecular weight excluding hydrogens is 506 g/mol. The number of fused-ring (bicyclic) bond motifs is 1. The van der Waals surface area contributed by atoms with Crippen molar-refractivity contribution in [2.45, 2.75) is 24.4 Å². The summed E-state index contributed by atoms with van der Waals surface area (Å²) >= 11 is 0. The summed E-state index contributed by atoms with van der Waals surface area (Å²) in [6, 6.07) is 14.7. The molecule has 10 heteroatoms. The molecule has 194 valence electrons. The highest BCUT2D eigenvalue weighted by molar-refractivity contribution is 7.88. The van der Waals surface area contributed by atoms with Gasteiger partial charge in [0.15, 0.2) is 0 Å². The monoisotopic (exact) mass is 531 g/mol. The van der Waals surface area contributed by atoms with Crippen molar-refractivity contribution in [3.05, 3.63) is 94.3 Å². The Bertz CT molecular complexity index is 1490. The van der Waals surface area contributed by atoms with E-state index in [0.717, 1.165) is 29.5 Å². The first-order chi connectivity index (χ1) is 17.3. The Hall–Kier alpha value is -3.24. The van der Waals surface area contributed by atoms with Crippen LogP contribution in [0.5, 0.6) is 0 Å². The first-order valence-electron chi connectivity index (χ1n) is 11.6. The summed E-state index contributed by atoms with van der Waals surface area (Å²) in [6.07, 6.45) is -2.18. The highest BCUT2D eigenvalue weighted by atomic mass is 32.2. The third kappa shape index (κ3) is 4.42. The zero-order chi connectivity index (χ0) is 26.8. The molecule has 2 fully saturated rings. The van der Waals surface area contributed by atoms with Crippen LogP contribution in [0, 0.1) is 24.1 Å². The highest BCUT2D eigenvalue weighted by Crippen LogP contribution is 2.70. The van der Waals surface area contributed by atoms with E-state index in [1.807, 2.05) is 19.1 Å². The van der Waals surface area contributed by atoms with Crippen molar-refractivity contribution in [3.63, 3.8) is 0 Å². The van der Waals surface area contributed by atoms with E-state index in [9.17, 15) is 26.0 Å². The third-order valence-corrected chi connectivity index (χ3v) is 8.78. The van der Waals surface area contributed by atoms with Crippen molar-refractivity contribution in [2.24, 2.45) is 5.92 Å². The molecular formula is C27H25F4N3O2S. The Morgan fingerprint density at radius 2 is 1.81 bits per heavy atom. The largest absolute Gasteiger partial charge is 0.416 e. The van der Waals surface area contributed by atoms with Crippen molar-refractivity contribution in [1.29, 1.82) is 5.41 Å². The summed E-state index contributed by atoms with van der Waals surface area (Å²) < 4.78 is 79.8. The number of hydrogen-bond donors (Lipinski definition) is 2. The first kappa shape index (κ1) is 25.4. The Kier molecular flexibility index (Phi) is 5.95. The quantitative estimate of drug-likeness (QED) is 0.311. The van der Waals surface area contributed by atoms with E-state index in [2.05, 4.69) is 5.32 Å². The number of nitrogens with one attached hydrogen (secondary N) is 2. The van der Waals surface area contributed by atoms with Gasteiger partial charge >= 0.3 is 6.18 Å². The van der Waals surface area contributed by atoms with Gasteiger partial charge in [0, 0.05) is 47.6 Å². The number of hydrogen-bond acceptors (Lipinski definition) is 4. The summed E-state index contributed by atoms with van der Waals surface area (Å²) in [6.45, 7) is 2.24. The highest BCUT2D eigenvalue weighted by Gasteiger charge is 2.71. The molecule has 2 N–H and O–H groups in total. The molecule has 0 spiro atoms. The molecule has 5 nitrogen and oxygen atoms in total. The lowest BCUT2D eigenvalue weighted by molar-refractivity contribution is -0.137. The molecule has 3 aromatic rings. The molecule has 2 aliphatic rings. The second-order valence-electron chi connectivity index (χ2n) is 9.83. The van der Waals surface area contributed by atoms with Crippen LogP contribution < -0.4 is 5.32 Å². The van der Waals surface area contributed by atoms with Gasteiger partial charge < -0.3 is 10.7 Å². The van der Waals surface area contributed by atoms with Crippen LogP contribution in [0.4, 0.5) is 28.9 Å². The number of anilines is 2. The average molecular weight is 532 g/mol. The molecule has 37 heavy (non-hydrogen) atoms. The van der Waals surface area contributed by atoms with Crippen molar-refractivity contribution < 1.29 is 26.0 Å². The smallest absolute Gasteiger partial charge is 0.355 e. The van der Waals surface area contributed by atoms with Gasteiger partial charge in [0.1, 0.15) is 5.82 Å². The lowest BCUT2D eigenvalue weighted by atomic mass is 9.85. The van der Waals surface area contributed by atoms with E-state index in [0.29, 0.717) is 22.5 Å². The molecule has 0 amide bonds. The van der Waals surface area contributed by atoms with Crippen LogP contribution in [0.1, 0.15) is 33.7 Å². The predicted molar refractivity (Wildman–Crippen MR) is 135 cm³/mol. The van der Waals surface area contributed by atoms with Gasteiger partial charge in [0.25, 0.3) is 0 Å². The normalized spacial score (nSPS) is 23.5. The zero-order valence-corrected chi connectivity index (χ0v) is 20.9. The summed E-state index contributed by atoms with van der Waals surface area (Å²) in [4.78, 5) is 0. The molecule has 1 heterocycles. The SMILES string of the molecule is Cc1cc(Nc2ccc(F)cc2)c(C=N)cc1[C@]12CN(S(C)(=O)=O)C[C@H]1[C@@H]2c1cccc(C(F)(F)F)c1. The lowest BCUT2D eigenvalue weighted by Gasteiger charge is -2.25. The van der Waals surface area contributed by atoms with Crippen LogP contribution in [0.25, 0.3) is 0 Å². The Balaban J connectivity index is 1.58. The van der Waals surface area contributed by atoms with E-state index >= 15 is 0 Å². The fourth-order valence-corrected chi connectivity index (χ4v) is 6.74. The maximum absolute atomic E-state index is 13.4. The van der Waals surface area contributed by atoms with Crippen molar-refractivity contribution >= 4 is 27.6 Å². The van der Waals surface area contributed by atoms with E-state index in [-0.39, 0.29) is 30.7 Å². The topological polar surface area (TPSA) is 73.3 Å². The number of nitrogens with zero attached hydrogens (tertiary/aromatic N) is 1. The molecule has 3 aromatic carbocycles. The van der Waals surface area contributed by atoms with Crippen LogP contribution in [0.2, 0.25) is 0 Å². The number of aryl methyl sites for hydroxylation is 1. The molecule has 5 rings (SSSR count). The number of alkyl halides is 3. The van der Waals surface area contributed by atoms with Gasteiger partial charge in [-0.15, -0.1) is 0 Å². The minimum Gasteiger partial charge on any atom is -0.355 e. The van der Waals surface area contributed by atoms with Crippen LogP contribution in [-0.2, 0) is 21.6 Å². The lowest BCUT2D eigenvalue weighted by Crippen LogP contribution is -2.33. The summed E-state index contributed by atoms with van der Waals surface area (Å²) in [5, 5.41) is 11.2. The van der Waals surface area contributed by atoms with Gasteiger partial charge in [0.05, 0.1) is 11.8 Å². The maximum Gasteiger partial charge on any atom is 0.416 e. The third-order valence-electron chi connectivity index (χ3n) is 7.57. The average Bonchev–Trinajstić information content (AvgIpc) is 3.27. The molecule has 3 atom stereocenters. The molecule has 0 aromatic heterocycles. The second-order valence-corrected chi connectivity index (χ2v) is 11.8. The summed E-state index contributed by atoms with van der Waals surface area (Å²) in [5.41, 5.74) is 2.50. The van der Waals surface area contributed by atoms with Crippen LogP contribution in [-0.4, -0.2) is 38.3 Å². The van der Waals surface area contributed by atoms with Gasteiger partial charge in [0.2, 0.25) is 10.0 Å². The molecule has 1 aliphatic carbocycles. The van der Waals surface area contributed by atoms with E-state index in [4.69, 9.17) is 5.41 Å². The van der Waals surface area contributed by atoms with Crippen molar-refractivity contribution in [1.82, 2.24) is 4.31 Å². The van der Waals surface area contributed by atoms with Crippen molar-refractivity contribution in [2.75, 3.05) is 24.7 Å². The second kappa shape index (κ2) is 8.66. The Labute approximate surface area is 212 Å². The van der Waals surface area contributed by atoms with Crippen LogP contribution in [0.3, 0.4) is 0 Å². The minimum absolute atomic E-state index is 0.153. The van der Waals surface area contributed by atoms with Gasteiger partial charge in [-0.25, -0.2) is 17.1 Å². The van der Waals surface area contributed by atoms with Crippen LogP contribution >= 0.6 is 0 Å². The van der Waals surface area contributed by atoms with Crippen LogP contribution in [0.15, 0.2) is 60.7 Å². The molecule has 1 saturated carbocycles. The number of rotatable bonds is 6. The number of sulfonamides is 1. The summed E-state index contributed by atoms with van der Waals surface area (Å²) in [7, 11) is -3.50. The molecule has 1 aliphatic heterocycles. The van der Waals surface area contributed by atoms with Crippen molar-refractivity contribution in [3.8, 4) is 0 Å². The molecule has 0 bridgehead atoms. The van der Waals surface area contributed by atoms with Gasteiger partial charge in [-0.3, -0.25) is 0 Å². The fraction of sp³-hybridized carbons (Fsp3) is 0.296. The fourth-order valence-electron chi connectivity index (χ4n) is 5.86. The minimum atomic E-state index is -4.48. The van der Waals surface area contributed by atoms with E-state index < -0.39 is 27.2 Å². The standard InChI is InChI=1S/C27H25F4N3O2S/c1-16-10-24(33-21-8-6-20(28)7-9-21)18(13-32)12-22(16)26-15-34(37(2,35)36)14-23(26)25(26)17-4-3-5-19(11-17)27(29,30)31/h3-13,23,25,32-33H,14-15H2,1-2H3/t23-,25-,26+/m0/s1. The predicted octanol–water partition coefficient (Wildman–Crippen LogP) is 5.82. The summed E-state index contributed by atoms with van der Waals surface area (Å²) in [5.74, 6) is -0.861. The maximum atomic E-state index is 13.4. The van der Waals surface area contributed by atoms with E-state index in [1.54, 1.807) is 18.2 Å². The number of piperidine rings is 1.